The van der Waals surface area contributed by atoms with E-state index in [4.69, 9.17) is 0 Å². The number of anilines is 1. The summed E-state index contributed by atoms with van der Waals surface area (Å²) in [6, 6.07) is 0. The lowest BCUT2D eigenvalue weighted by Crippen LogP contribution is -2.42. The highest BCUT2D eigenvalue weighted by Gasteiger charge is 2.44. The maximum atomic E-state index is 12.5. The van der Waals surface area contributed by atoms with E-state index in [9.17, 15) is 4.79 Å². The van der Waals surface area contributed by atoms with Crippen LogP contribution in [0.25, 0.3) is 0 Å². The van der Waals surface area contributed by atoms with Gasteiger partial charge >= 0.3 is 0 Å². The Labute approximate surface area is 104 Å². The second kappa shape index (κ2) is 3.34. The number of ketones is 1. The van der Waals surface area contributed by atoms with Gasteiger partial charge < -0.3 is 4.90 Å². The maximum Gasteiger partial charge on any atom is 0.190 e. The molecule has 0 spiro atoms. The number of likely N-dealkylation sites (N-methyl/N-ethyl adjacent to an activating group) is 1. The Hall–Kier alpha value is -1.31. The molecule has 0 atom stereocenters. The molecule has 0 fully saturated rings. The number of carbonyl (C=O) groups is 1. The molecule has 2 nitrogen and oxygen atoms in total. The number of rotatable bonds is 0. The van der Waals surface area contributed by atoms with Crippen LogP contribution >= 0.6 is 0 Å². The highest BCUT2D eigenvalue weighted by Crippen LogP contribution is 2.43. The zero-order valence-electron chi connectivity index (χ0n) is 11.9. The normalized spacial score (nSPS) is 17.6. The molecule has 1 aliphatic heterocycles. The van der Waals surface area contributed by atoms with Crippen LogP contribution in [-0.4, -0.2) is 18.4 Å². The van der Waals surface area contributed by atoms with E-state index in [-0.39, 0.29) is 5.78 Å². The molecule has 0 unspecified atom stereocenters. The summed E-state index contributed by atoms with van der Waals surface area (Å²) in [7, 11) is 2.02. The van der Waals surface area contributed by atoms with Gasteiger partial charge in [-0.25, -0.2) is 0 Å². The fraction of sp³-hybridized carbons (Fsp3) is 0.533. The number of nitrogens with zero attached hydrogens (tertiary/aromatic N) is 1. The summed E-state index contributed by atoms with van der Waals surface area (Å²) >= 11 is 0. The van der Waals surface area contributed by atoms with Gasteiger partial charge in [-0.15, -0.1) is 0 Å². The van der Waals surface area contributed by atoms with E-state index < -0.39 is 5.54 Å². The quantitative estimate of drug-likeness (QED) is 0.682. The van der Waals surface area contributed by atoms with Crippen LogP contribution in [0.4, 0.5) is 5.69 Å². The number of carbonyl (C=O) groups excluding carboxylic acids is 1. The molecular weight excluding hydrogens is 210 g/mol. The van der Waals surface area contributed by atoms with Gasteiger partial charge in [0.05, 0.1) is 11.2 Å². The van der Waals surface area contributed by atoms with Crippen molar-refractivity contribution < 1.29 is 4.79 Å². The first-order valence-corrected chi connectivity index (χ1v) is 6.10. The molecule has 0 saturated carbocycles. The molecule has 1 aromatic carbocycles. The molecular formula is C15H21NO. The molecule has 0 aliphatic carbocycles. The van der Waals surface area contributed by atoms with Gasteiger partial charge in [-0.2, -0.15) is 0 Å². The minimum atomic E-state index is -0.419. The zero-order valence-corrected chi connectivity index (χ0v) is 11.9. The minimum Gasteiger partial charge on any atom is -0.361 e. The average Bonchev–Trinajstić information content (AvgIpc) is 2.45. The smallest absolute Gasteiger partial charge is 0.190 e. The van der Waals surface area contributed by atoms with Crippen LogP contribution in [0, 0.1) is 27.7 Å². The molecule has 0 N–H and O–H groups in total. The van der Waals surface area contributed by atoms with Gasteiger partial charge in [-0.1, -0.05) is 0 Å². The third-order valence-electron chi connectivity index (χ3n) is 4.61. The summed E-state index contributed by atoms with van der Waals surface area (Å²) in [6.07, 6.45) is 0. The molecule has 17 heavy (non-hydrogen) atoms. The van der Waals surface area contributed by atoms with E-state index in [1.165, 1.54) is 16.7 Å². The Balaban J connectivity index is 2.89. The fourth-order valence-electron chi connectivity index (χ4n) is 2.73. The summed E-state index contributed by atoms with van der Waals surface area (Å²) in [5.41, 5.74) is 6.58. The van der Waals surface area contributed by atoms with E-state index in [1.807, 2.05) is 20.9 Å². The second-order valence-corrected chi connectivity index (χ2v) is 5.67. The van der Waals surface area contributed by atoms with Crippen LogP contribution in [0.2, 0.25) is 0 Å². The van der Waals surface area contributed by atoms with Gasteiger partial charge in [0.1, 0.15) is 0 Å². The van der Waals surface area contributed by atoms with Crippen LogP contribution < -0.4 is 4.90 Å². The van der Waals surface area contributed by atoms with Crippen molar-refractivity contribution in [1.82, 2.24) is 0 Å². The van der Waals surface area contributed by atoms with Gasteiger partial charge in [0.2, 0.25) is 0 Å². The molecule has 0 bridgehead atoms. The van der Waals surface area contributed by atoms with Gasteiger partial charge in [0.25, 0.3) is 0 Å². The summed E-state index contributed by atoms with van der Waals surface area (Å²) < 4.78 is 0. The average molecular weight is 231 g/mol. The van der Waals surface area contributed by atoms with Gasteiger partial charge in [-0.3, -0.25) is 4.79 Å². The predicted molar refractivity (Wildman–Crippen MR) is 72.2 cm³/mol. The molecule has 2 heteroatoms. The first kappa shape index (κ1) is 12.2. The highest BCUT2D eigenvalue weighted by atomic mass is 16.1. The largest absolute Gasteiger partial charge is 0.361 e. The van der Waals surface area contributed by atoms with Crippen molar-refractivity contribution in [3.8, 4) is 0 Å². The number of fused-ring (bicyclic) bond motifs is 1. The molecule has 1 aliphatic rings. The van der Waals surface area contributed by atoms with Crippen LogP contribution in [0.1, 0.15) is 46.5 Å². The molecule has 2 rings (SSSR count). The lowest BCUT2D eigenvalue weighted by molar-refractivity contribution is 0.0926. The van der Waals surface area contributed by atoms with Gasteiger partial charge in [0.15, 0.2) is 5.78 Å². The maximum absolute atomic E-state index is 12.5. The van der Waals surface area contributed by atoms with E-state index in [1.54, 1.807) is 0 Å². The van der Waals surface area contributed by atoms with Crippen LogP contribution in [-0.2, 0) is 0 Å². The third-order valence-corrected chi connectivity index (χ3v) is 4.61. The number of hydrogen-bond acceptors (Lipinski definition) is 2. The van der Waals surface area contributed by atoms with Crippen molar-refractivity contribution >= 4 is 11.5 Å². The summed E-state index contributed by atoms with van der Waals surface area (Å²) in [4.78, 5) is 14.6. The highest BCUT2D eigenvalue weighted by molar-refractivity contribution is 6.15. The van der Waals surface area contributed by atoms with Gasteiger partial charge in [0, 0.05) is 12.6 Å². The Morgan fingerprint density at radius 1 is 0.882 bits per heavy atom. The van der Waals surface area contributed by atoms with Crippen LogP contribution in [0.3, 0.4) is 0 Å². The summed E-state index contributed by atoms with van der Waals surface area (Å²) in [5.74, 6) is 0.249. The molecule has 92 valence electrons. The lowest BCUT2D eigenvalue weighted by atomic mass is 9.89. The lowest BCUT2D eigenvalue weighted by Gasteiger charge is -2.29. The zero-order chi connectivity index (χ0) is 13.1. The van der Waals surface area contributed by atoms with E-state index in [2.05, 4.69) is 32.6 Å². The van der Waals surface area contributed by atoms with Crippen LogP contribution in [0.5, 0.6) is 0 Å². The first-order chi connectivity index (χ1) is 7.71. The van der Waals surface area contributed by atoms with Crippen LogP contribution in [0.15, 0.2) is 0 Å². The summed E-state index contributed by atoms with van der Waals surface area (Å²) in [6.45, 7) is 12.4. The molecule has 0 saturated heterocycles. The van der Waals surface area contributed by atoms with Crippen molar-refractivity contribution in [2.75, 3.05) is 11.9 Å². The first-order valence-electron chi connectivity index (χ1n) is 6.10. The van der Waals surface area contributed by atoms with E-state index in [0.29, 0.717) is 0 Å². The minimum absolute atomic E-state index is 0.249. The van der Waals surface area contributed by atoms with Gasteiger partial charge in [-0.05, 0) is 63.8 Å². The van der Waals surface area contributed by atoms with Crippen molar-refractivity contribution in [2.24, 2.45) is 0 Å². The number of benzene rings is 1. The Morgan fingerprint density at radius 3 is 1.88 bits per heavy atom. The molecule has 0 amide bonds. The van der Waals surface area contributed by atoms with E-state index in [0.717, 1.165) is 16.8 Å². The van der Waals surface area contributed by atoms with E-state index >= 15 is 0 Å². The van der Waals surface area contributed by atoms with Crippen molar-refractivity contribution in [2.45, 2.75) is 47.1 Å². The third kappa shape index (κ3) is 1.30. The second-order valence-electron chi connectivity index (χ2n) is 5.67. The summed E-state index contributed by atoms with van der Waals surface area (Å²) in [5, 5.41) is 0. The Kier molecular flexibility index (Phi) is 2.39. The Bertz CT molecular complexity index is 526. The topological polar surface area (TPSA) is 20.3 Å². The SMILES string of the molecule is Cc1c(C)c(C)c2c(c1C)C(=O)C(C)(C)N2C. The molecule has 0 aromatic heterocycles. The fourth-order valence-corrected chi connectivity index (χ4v) is 2.73. The standard InChI is InChI=1S/C15H21NO/c1-8-9(2)11(4)13-12(10(8)3)14(17)15(5,6)16(13)7/h1-7H3. The predicted octanol–water partition coefficient (Wildman–Crippen LogP) is 3.33. The Morgan fingerprint density at radius 2 is 1.35 bits per heavy atom. The molecule has 1 heterocycles. The van der Waals surface area contributed by atoms with Crippen molar-refractivity contribution in [1.29, 1.82) is 0 Å². The monoisotopic (exact) mass is 231 g/mol. The molecule has 1 aromatic rings. The van der Waals surface area contributed by atoms with Crippen molar-refractivity contribution in [3.05, 3.63) is 27.8 Å². The number of hydrogen-bond donors (Lipinski definition) is 0. The van der Waals surface area contributed by atoms with Crippen molar-refractivity contribution in [3.63, 3.8) is 0 Å². The number of Topliss-reactive ketones (excluding diaryl/α,β-unsaturated/α-hetero) is 1. The molecule has 0 radical (unpaired) electrons.